The van der Waals surface area contributed by atoms with Gasteiger partial charge in [-0.2, -0.15) is 8.42 Å². The minimum absolute atomic E-state index is 0.0382. The molecule has 0 radical (unpaired) electrons. The molecule has 0 aliphatic heterocycles. The van der Waals surface area contributed by atoms with Crippen molar-refractivity contribution < 1.29 is 18.1 Å². The second kappa shape index (κ2) is 3.06. The maximum atomic E-state index is 10.6. The molecule has 0 saturated heterocycles. The Morgan fingerprint density at radius 1 is 1.64 bits per heavy atom. The minimum Gasteiger partial charge on any atom is -0.390 e. The average Bonchev–Trinajstić information content (AvgIpc) is 1.83. The predicted molar refractivity (Wildman–Crippen MR) is 40.4 cm³/mol. The number of hydrogen-bond acceptors (Lipinski definition) is 4. The molecule has 0 aromatic carbocycles. The molecule has 0 fully saturated rings. The molecule has 6 heteroatoms. The summed E-state index contributed by atoms with van der Waals surface area (Å²) in [5.74, 6) is 0. The van der Waals surface area contributed by atoms with Gasteiger partial charge in [0.15, 0.2) is 4.87 Å². The second-order valence-electron chi connectivity index (χ2n) is 2.46. The summed E-state index contributed by atoms with van der Waals surface area (Å²) >= 11 is 0. The number of hydrogen-bond donors (Lipinski definition) is 3. The van der Waals surface area contributed by atoms with Gasteiger partial charge < -0.3 is 10.8 Å². The Morgan fingerprint density at radius 2 is 2.00 bits per heavy atom. The van der Waals surface area contributed by atoms with Gasteiger partial charge in [-0.3, -0.25) is 4.55 Å². The largest absolute Gasteiger partial charge is 0.390 e. The van der Waals surface area contributed by atoms with E-state index in [-0.39, 0.29) is 6.42 Å². The van der Waals surface area contributed by atoms with Crippen molar-refractivity contribution >= 4 is 10.1 Å². The first-order valence-electron chi connectivity index (χ1n) is 3.19. The molecule has 5 nitrogen and oxygen atoms in total. The quantitative estimate of drug-likeness (QED) is 0.503. The zero-order chi connectivity index (χ0) is 9.28. The van der Waals surface area contributed by atoms with Crippen LogP contribution in [0.25, 0.3) is 0 Å². The maximum Gasteiger partial charge on any atom is 0.286 e. The fourth-order valence-corrected chi connectivity index (χ4v) is 1.49. The maximum absolute atomic E-state index is 10.6. The molecule has 0 aliphatic carbocycles. The van der Waals surface area contributed by atoms with Crippen LogP contribution in [0, 0.1) is 0 Å². The predicted octanol–water partition coefficient (Wildman–Crippen LogP) is -0.680. The summed E-state index contributed by atoms with van der Waals surface area (Å²) in [7, 11) is -4.39. The zero-order valence-electron chi connectivity index (χ0n) is 6.48. The van der Waals surface area contributed by atoms with Crippen molar-refractivity contribution in [3.63, 3.8) is 0 Å². The van der Waals surface area contributed by atoms with Gasteiger partial charge >= 0.3 is 0 Å². The van der Waals surface area contributed by atoms with Crippen LogP contribution in [0.15, 0.2) is 0 Å². The second-order valence-corrected chi connectivity index (χ2v) is 4.17. The Hall–Kier alpha value is -0.170. The van der Waals surface area contributed by atoms with Gasteiger partial charge in [-0.25, -0.2) is 0 Å². The molecule has 11 heavy (non-hydrogen) atoms. The van der Waals surface area contributed by atoms with E-state index in [9.17, 15) is 8.42 Å². The van der Waals surface area contributed by atoms with Gasteiger partial charge in [0.25, 0.3) is 10.1 Å². The molecule has 0 amide bonds. The topological polar surface area (TPSA) is 101 Å². The van der Waals surface area contributed by atoms with Crippen LogP contribution in [0.5, 0.6) is 0 Å². The van der Waals surface area contributed by atoms with E-state index in [0.29, 0.717) is 0 Å². The lowest BCUT2D eigenvalue weighted by molar-refractivity contribution is 0.135. The Morgan fingerprint density at radius 3 is 2.00 bits per heavy atom. The summed E-state index contributed by atoms with van der Waals surface area (Å²) in [5, 5.41) is 8.94. The van der Waals surface area contributed by atoms with Crippen LogP contribution in [0.2, 0.25) is 0 Å². The third-order valence-electron chi connectivity index (χ3n) is 1.74. The highest BCUT2D eigenvalue weighted by atomic mass is 32.2. The lowest BCUT2D eigenvalue weighted by atomic mass is 10.1. The lowest BCUT2D eigenvalue weighted by Crippen LogP contribution is -2.55. The molecule has 0 aromatic heterocycles. The lowest BCUT2D eigenvalue weighted by Gasteiger charge is -2.27. The van der Waals surface area contributed by atoms with Gasteiger partial charge in [0.05, 0.1) is 6.10 Å². The van der Waals surface area contributed by atoms with E-state index in [2.05, 4.69) is 0 Å². The summed E-state index contributed by atoms with van der Waals surface area (Å²) < 4.78 is 29.8. The van der Waals surface area contributed by atoms with Crippen molar-refractivity contribution in [2.24, 2.45) is 5.73 Å². The summed E-state index contributed by atoms with van der Waals surface area (Å²) in [5.41, 5.74) is 5.23. The van der Waals surface area contributed by atoms with E-state index in [1.54, 1.807) is 0 Å². The SMILES string of the molecule is CCC(N)(C(C)O)S(=O)(=O)O. The molecular weight excluding hydrogens is 170 g/mol. The molecular formula is C5H13NO4S. The summed E-state index contributed by atoms with van der Waals surface area (Å²) in [4.78, 5) is -1.94. The van der Waals surface area contributed by atoms with Crippen LogP contribution in [-0.2, 0) is 10.1 Å². The van der Waals surface area contributed by atoms with Crippen molar-refractivity contribution in [3.05, 3.63) is 0 Å². The minimum atomic E-state index is -4.39. The van der Waals surface area contributed by atoms with Gasteiger partial charge in [0.2, 0.25) is 0 Å². The highest BCUT2D eigenvalue weighted by Gasteiger charge is 2.41. The molecule has 2 unspecified atom stereocenters. The highest BCUT2D eigenvalue weighted by molar-refractivity contribution is 7.87. The molecule has 2 atom stereocenters. The third-order valence-corrected chi connectivity index (χ3v) is 3.33. The smallest absolute Gasteiger partial charge is 0.286 e. The van der Waals surface area contributed by atoms with Gasteiger partial charge in [0, 0.05) is 0 Å². The molecule has 0 saturated carbocycles. The number of nitrogens with two attached hydrogens (primary N) is 1. The van der Waals surface area contributed by atoms with Crippen molar-refractivity contribution in [1.29, 1.82) is 0 Å². The molecule has 0 aromatic rings. The third kappa shape index (κ3) is 1.90. The van der Waals surface area contributed by atoms with Gasteiger partial charge in [-0.1, -0.05) is 6.92 Å². The van der Waals surface area contributed by atoms with Gasteiger partial charge in [-0.15, -0.1) is 0 Å². The zero-order valence-corrected chi connectivity index (χ0v) is 7.30. The van der Waals surface area contributed by atoms with E-state index in [1.807, 2.05) is 0 Å². The van der Waals surface area contributed by atoms with E-state index in [0.717, 1.165) is 0 Å². The van der Waals surface area contributed by atoms with Crippen LogP contribution >= 0.6 is 0 Å². The van der Waals surface area contributed by atoms with Crippen molar-refractivity contribution in [2.75, 3.05) is 0 Å². The molecule has 0 heterocycles. The Kier molecular flexibility index (Phi) is 3.01. The normalized spacial score (nSPS) is 20.8. The Balaban J connectivity index is 4.92. The Bertz CT molecular complexity index is 223. The van der Waals surface area contributed by atoms with E-state index in [4.69, 9.17) is 15.4 Å². The fraction of sp³-hybridized carbons (Fsp3) is 1.00. The fourth-order valence-electron chi connectivity index (χ4n) is 0.693. The van der Waals surface area contributed by atoms with Crippen molar-refractivity contribution in [2.45, 2.75) is 31.2 Å². The molecule has 4 N–H and O–H groups in total. The molecule has 0 spiro atoms. The van der Waals surface area contributed by atoms with Crippen molar-refractivity contribution in [3.8, 4) is 0 Å². The number of aliphatic hydroxyl groups is 1. The molecule has 0 bridgehead atoms. The first-order chi connectivity index (χ1) is 4.75. The monoisotopic (exact) mass is 183 g/mol. The van der Waals surface area contributed by atoms with Crippen molar-refractivity contribution in [1.82, 2.24) is 0 Å². The first kappa shape index (κ1) is 10.8. The summed E-state index contributed by atoms with van der Waals surface area (Å²) in [6.45, 7) is 2.69. The summed E-state index contributed by atoms with van der Waals surface area (Å²) in [6, 6.07) is 0. The number of aliphatic hydroxyl groups excluding tert-OH is 1. The number of rotatable bonds is 3. The van der Waals surface area contributed by atoms with E-state index >= 15 is 0 Å². The van der Waals surface area contributed by atoms with E-state index in [1.165, 1.54) is 13.8 Å². The highest BCUT2D eigenvalue weighted by Crippen LogP contribution is 2.18. The van der Waals surface area contributed by atoms with Crippen LogP contribution < -0.4 is 5.73 Å². The average molecular weight is 183 g/mol. The summed E-state index contributed by atoms with van der Waals surface area (Å²) in [6.07, 6.45) is -1.33. The van der Waals surface area contributed by atoms with E-state index < -0.39 is 21.1 Å². The van der Waals surface area contributed by atoms with Gasteiger partial charge in [-0.05, 0) is 13.3 Å². The van der Waals surface area contributed by atoms with Crippen LogP contribution in [0.3, 0.4) is 0 Å². The Labute approximate surface area is 66.0 Å². The molecule has 0 rings (SSSR count). The van der Waals surface area contributed by atoms with Crippen LogP contribution in [0.1, 0.15) is 20.3 Å². The standard InChI is InChI=1S/C5H13NO4S/c1-3-5(6,4(2)7)11(8,9)10/h4,7H,3,6H2,1-2H3,(H,8,9,10). The van der Waals surface area contributed by atoms with Crippen LogP contribution in [0.4, 0.5) is 0 Å². The molecule has 0 aliphatic rings. The first-order valence-corrected chi connectivity index (χ1v) is 4.63. The molecule has 68 valence electrons. The van der Waals surface area contributed by atoms with Gasteiger partial charge in [0.1, 0.15) is 0 Å². The van der Waals surface area contributed by atoms with Crippen LogP contribution in [-0.4, -0.2) is 29.1 Å².